The van der Waals surface area contributed by atoms with Crippen LogP contribution in [0.15, 0.2) is 36.7 Å². The average molecular weight is 322 g/mol. The van der Waals surface area contributed by atoms with E-state index in [1.807, 2.05) is 12.4 Å². The van der Waals surface area contributed by atoms with Crippen LogP contribution in [0.25, 0.3) is 11.4 Å². The van der Waals surface area contributed by atoms with Crippen LogP contribution in [0.1, 0.15) is 63.5 Å². The zero-order valence-corrected chi connectivity index (χ0v) is 15.2. The van der Waals surface area contributed by atoms with Crippen LogP contribution in [0.3, 0.4) is 0 Å². The molecule has 0 amide bonds. The van der Waals surface area contributed by atoms with E-state index in [1.54, 1.807) is 0 Å². The van der Waals surface area contributed by atoms with Gasteiger partial charge in [-0.05, 0) is 42.2 Å². The SMILES string of the molecule is CCc1ccc(-c2ncc(CC[C@H]3CC[C@H](CC)CC3)cn2)cc1. The molecule has 1 aromatic heterocycles. The third-order valence-corrected chi connectivity index (χ3v) is 5.71. The monoisotopic (exact) mass is 322 g/mol. The summed E-state index contributed by atoms with van der Waals surface area (Å²) >= 11 is 0. The van der Waals surface area contributed by atoms with Crippen molar-refractivity contribution in [2.75, 3.05) is 0 Å². The van der Waals surface area contributed by atoms with Crippen molar-refractivity contribution in [1.82, 2.24) is 9.97 Å². The second-order valence-corrected chi connectivity index (χ2v) is 7.30. The third kappa shape index (κ3) is 4.43. The van der Waals surface area contributed by atoms with E-state index < -0.39 is 0 Å². The summed E-state index contributed by atoms with van der Waals surface area (Å²) < 4.78 is 0. The molecule has 1 aliphatic rings. The predicted octanol–water partition coefficient (Wildman–Crippen LogP) is 5.86. The van der Waals surface area contributed by atoms with Crippen LogP contribution >= 0.6 is 0 Å². The van der Waals surface area contributed by atoms with Crippen molar-refractivity contribution < 1.29 is 0 Å². The topological polar surface area (TPSA) is 25.8 Å². The highest BCUT2D eigenvalue weighted by Crippen LogP contribution is 2.33. The van der Waals surface area contributed by atoms with Crippen molar-refractivity contribution in [3.63, 3.8) is 0 Å². The summed E-state index contributed by atoms with van der Waals surface area (Å²) in [6.07, 6.45) is 14.6. The maximum absolute atomic E-state index is 4.58. The summed E-state index contributed by atoms with van der Waals surface area (Å²) in [5.41, 5.74) is 3.74. The van der Waals surface area contributed by atoms with E-state index in [0.29, 0.717) is 0 Å². The van der Waals surface area contributed by atoms with Gasteiger partial charge in [-0.25, -0.2) is 9.97 Å². The normalized spacial score (nSPS) is 20.9. The van der Waals surface area contributed by atoms with Gasteiger partial charge in [0.2, 0.25) is 0 Å². The summed E-state index contributed by atoms with van der Waals surface area (Å²) in [4.78, 5) is 9.16. The summed E-state index contributed by atoms with van der Waals surface area (Å²) in [6, 6.07) is 8.58. The van der Waals surface area contributed by atoms with Crippen molar-refractivity contribution in [2.24, 2.45) is 11.8 Å². The second kappa shape index (κ2) is 8.41. The Bertz CT molecular complexity index is 607. The van der Waals surface area contributed by atoms with Crippen LogP contribution in [-0.2, 0) is 12.8 Å². The fourth-order valence-corrected chi connectivity index (χ4v) is 3.82. The Morgan fingerprint density at radius 1 is 0.833 bits per heavy atom. The number of hydrogen-bond acceptors (Lipinski definition) is 2. The van der Waals surface area contributed by atoms with Gasteiger partial charge in [0, 0.05) is 18.0 Å². The van der Waals surface area contributed by atoms with E-state index in [9.17, 15) is 0 Å². The largest absolute Gasteiger partial charge is 0.236 e. The second-order valence-electron chi connectivity index (χ2n) is 7.30. The zero-order chi connectivity index (χ0) is 16.8. The van der Waals surface area contributed by atoms with Crippen LogP contribution in [0, 0.1) is 11.8 Å². The van der Waals surface area contributed by atoms with Crippen molar-refractivity contribution in [3.8, 4) is 11.4 Å². The number of nitrogens with zero attached hydrogens (tertiary/aromatic N) is 2. The lowest BCUT2D eigenvalue weighted by Gasteiger charge is -2.27. The molecule has 128 valence electrons. The number of benzene rings is 1. The Morgan fingerprint density at radius 2 is 1.46 bits per heavy atom. The van der Waals surface area contributed by atoms with Gasteiger partial charge in [-0.3, -0.25) is 0 Å². The molecule has 0 bridgehead atoms. The molecule has 0 atom stereocenters. The van der Waals surface area contributed by atoms with E-state index in [0.717, 1.165) is 36.1 Å². The lowest BCUT2D eigenvalue weighted by atomic mass is 9.79. The van der Waals surface area contributed by atoms with E-state index in [-0.39, 0.29) is 0 Å². The lowest BCUT2D eigenvalue weighted by molar-refractivity contribution is 0.258. The van der Waals surface area contributed by atoms with E-state index >= 15 is 0 Å². The van der Waals surface area contributed by atoms with Crippen LogP contribution in [0.5, 0.6) is 0 Å². The first kappa shape index (κ1) is 17.1. The van der Waals surface area contributed by atoms with Gasteiger partial charge in [0.15, 0.2) is 5.82 Å². The standard InChI is InChI=1S/C22H30N2/c1-3-17-5-7-19(8-6-17)9-10-20-15-23-22(24-16-20)21-13-11-18(4-2)12-14-21/h11-17,19H,3-10H2,1-2H3/t17-,19-. The molecule has 0 radical (unpaired) electrons. The highest BCUT2D eigenvalue weighted by Gasteiger charge is 2.19. The van der Waals surface area contributed by atoms with Crippen molar-refractivity contribution >= 4 is 0 Å². The maximum Gasteiger partial charge on any atom is 0.159 e. The summed E-state index contributed by atoms with van der Waals surface area (Å²) in [6.45, 7) is 4.51. The molecule has 0 N–H and O–H groups in total. The molecule has 0 spiro atoms. The van der Waals surface area contributed by atoms with Crippen LogP contribution in [0.4, 0.5) is 0 Å². The Labute approximate surface area is 146 Å². The third-order valence-electron chi connectivity index (χ3n) is 5.71. The highest BCUT2D eigenvalue weighted by molar-refractivity contribution is 5.55. The summed E-state index contributed by atoms with van der Waals surface area (Å²) in [7, 11) is 0. The number of aromatic nitrogens is 2. The van der Waals surface area contributed by atoms with Gasteiger partial charge in [-0.15, -0.1) is 0 Å². The van der Waals surface area contributed by atoms with Crippen LogP contribution in [0.2, 0.25) is 0 Å². The molecule has 1 heterocycles. The van der Waals surface area contributed by atoms with Gasteiger partial charge in [-0.1, -0.05) is 70.2 Å². The van der Waals surface area contributed by atoms with Gasteiger partial charge < -0.3 is 0 Å². The number of rotatable bonds is 6. The zero-order valence-electron chi connectivity index (χ0n) is 15.2. The Kier molecular flexibility index (Phi) is 6.01. The molecule has 0 saturated heterocycles. The molecule has 1 aromatic carbocycles. The van der Waals surface area contributed by atoms with Crippen LogP contribution < -0.4 is 0 Å². The molecule has 3 rings (SSSR count). The first-order valence-electron chi connectivity index (χ1n) is 9.68. The minimum Gasteiger partial charge on any atom is -0.236 e. The van der Waals surface area contributed by atoms with Crippen molar-refractivity contribution in [3.05, 3.63) is 47.8 Å². The Balaban J connectivity index is 1.53. The number of hydrogen-bond donors (Lipinski definition) is 0. The van der Waals surface area contributed by atoms with Crippen molar-refractivity contribution in [2.45, 2.75) is 65.2 Å². The highest BCUT2D eigenvalue weighted by atomic mass is 14.9. The molecule has 2 aromatic rings. The lowest BCUT2D eigenvalue weighted by Crippen LogP contribution is -2.14. The van der Waals surface area contributed by atoms with E-state index in [2.05, 4.69) is 48.1 Å². The van der Waals surface area contributed by atoms with E-state index in [4.69, 9.17) is 0 Å². The smallest absolute Gasteiger partial charge is 0.159 e. The van der Waals surface area contributed by atoms with Gasteiger partial charge in [-0.2, -0.15) is 0 Å². The average Bonchev–Trinajstić information content (AvgIpc) is 2.67. The quantitative estimate of drug-likeness (QED) is 0.666. The Morgan fingerprint density at radius 3 is 2.04 bits per heavy atom. The van der Waals surface area contributed by atoms with Gasteiger partial charge >= 0.3 is 0 Å². The summed E-state index contributed by atoms with van der Waals surface area (Å²) in [5.74, 6) is 2.74. The molecular formula is C22H30N2. The fraction of sp³-hybridized carbons (Fsp3) is 0.545. The fourth-order valence-electron chi connectivity index (χ4n) is 3.82. The first-order chi connectivity index (χ1) is 11.8. The van der Waals surface area contributed by atoms with Gasteiger partial charge in [0.1, 0.15) is 0 Å². The minimum atomic E-state index is 0.838. The maximum atomic E-state index is 4.58. The first-order valence-corrected chi connectivity index (χ1v) is 9.68. The molecule has 0 unspecified atom stereocenters. The molecule has 24 heavy (non-hydrogen) atoms. The molecule has 2 heteroatoms. The molecule has 1 saturated carbocycles. The Hall–Kier alpha value is -1.70. The van der Waals surface area contributed by atoms with Crippen molar-refractivity contribution in [1.29, 1.82) is 0 Å². The van der Waals surface area contributed by atoms with Gasteiger partial charge in [0.05, 0.1) is 0 Å². The summed E-state index contributed by atoms with van der Waals surface area (Å²) in [5, 5.41) is 0. The van der Waals surface area contributed by atoms with E-state index in [1.165, 1.54) is 49.7 Å². The van der Waals surface area contributed by atoms with Gasteiger partial charge in [0.25, 0.3) is 0 Å². The minimum absolute atomic E-state index is 0.838. The predicted molar refractivity (Wildman–Crippen MR) is 101 cm³/mol. The molecule has 2 nitrogen and oxygen atoms in total. The van der Waals surface area contributed by atoms with Crippen LogP contribution in [-0.4, -0.2) is 9.97 Å². The molecule has 1 aliphatic carbocycles. The molecular weight excluding hydrogens is 292 g/mol. The molecule has 1 fully saturated rings. The number of aryl methyl sites for hydroxylation is 2. The molecule has 0 aliphatic heterocycles.